The molecular weight excluding hydrogens is 419 g/mol. The second kappa shape index (κ2) is 9.22. The molecule has 1 heterocycles. The van der Waals surface area contributed by atoms with Crippen molar-refractivity contribution in [3.05, 3.63) is 0 Å². The quantitative estimate of drug-likeness (QED) is 0.403. The Morgan fingerprint density at radius 2 is 1.79 bits per heavy atom. The molecule has 140 valence electrons. The van der Waals surface area contributed by atoms with Crippen molar-refractivity contribution < 1.29 is 9.53 Å². The first kappa shape index (κ1) is 21.5. The summed E-state index contributed by atoms with van der Waals surface area (Å²) in [5.74, 6) is 0.919. The number of aliphatic imine (C=N–C) groups is 1. The standard InChI is InChI=1S/C17H32N4O2.HI/c1-17(2,3)23-14-8-10-21(11-9-14)16(19-13-6-7-13)18-12-15(22)20(4)5;/h13-14H,6-12H2,1-5H3,(H,18,19);1H. The predicted molar refractivity (Wildman–Crippen MR) is 108 cm³/mol. The number of nitrogens with zero attached hydrogens (tertiary/aromatic N) is 3. The molecule has 0 radical (unpaired) electrons. The van der Waals surface area contributed by atoms with Crippen LogP contribution in [0.3, 0.4) is 0 Å². The van der Waals surface area contributed by atoms with E-state index in [1.165, 1.54) is 12.8 Å². The monoisotopic (exact) mass is 452 g/mol. The number of nitrogens with one attached hydrogen (secondary N) is 1. The van der Waals surface area contributed by atoms with E-state index >= 15 is 0 Å². The number of piperidine rings is 1. The lowest BCUT2D eigenvalue weighted by atomic mass is 10.1. The van der Waals surface area contributed by atoms with E-state index in [4.69, 9.17) is 4.74 Å². The van der Waals surface area contributed by atoms with E-state index in [0.29, 0.717) is 12.1 Å². The third-order valence-electron chi connectivity index (χ3n) is 4.04. The van der Waals surface area contributed by atoms with Gasteiger partial charge in [-0.3, -0.25) is 4.79 Å². The number of halogens is 1. The lowest BCUT2D eigenvalue weighted by Gasteiger charge is -2.37. The molecule has 1 aliphatic carbocycles. The number of carbonyl (C=O) groups is 1. The van der Waals surface area contributed by atoms with E-state index in [0.717, 1.165) is 31.9 Å². The van der Waals surface area contributed by atoms with Crippen molar-refractivity contribution in [1.82, 2.24) is 15.1 Å². The summed E-state index contributed by atoms with van der Waals surface area (Å²) in [6, 6.07) is 0.534. The number of amides is 1. The molecule has 1 amide bonds. The molecule has 6 nitrogen and oxygen atoms in total. The van der Waals surface area contributed by atoms with Crippen molar-refractivity contribution in [3.8, 4) is 0 Å². The van der Waals surface area contributed by atoms with E-state index in [1.54, 1.807) is 19.0 Å². The first-order valence-corrected chi connectivity index (χ1v) is 8.68. The Balaban J connectivity index is 0.00000288. The van der Waals surface area contributed by atoms with Crippen molar-refractivity contribution in [3.63, 3.8) is 0 Å². The maximum atomic E-state index is 11.8. The molecule has 0 aromatic heterocycles. The minimum absolute atomic E-state index is 0. The van der Waals surface area contributed by atoms with Crippen LogP contribution in [0.2, 0.25) is 0 Å². The van der Waals surface area contributed by atoms with Gasteiger partial charge in [-0.05, 0) is 46.5 Å². The molecule has 7 heteroatoms. The molecule has 0 atom stereocenters. The molecule has 1 saturated heterocycles. The van der Waals surface area contributed by atoms with Crippen LogP contribution < -0.4 is 5.32 Å². The fourth-order valence-corrected chi connectivity index (χ4v) is 2.62. The zero-order valence-electron chi connectivity index (χ0n) is 15.7. The lowest BCUT2D eigenvalue weighted by Crippen LogP contribution is -2.48. The molecule has 0 unspecified atom stereocenters. The van der Waals surface area contributed by atoms with Crippen molar-refractivity contribution in [1.29, 1.82) is 0 Å². The van der Waals surface area contributed by atoms with E-state index in [1.807, 2.05) is 0 Å². The van der Waals surface area contributed by atoms with Crippen LogP contribution in [-0.2, 0) is 9.53 Å². The molecule has 24 heavy (non-hydrogen) atoms. The second-order valence-electron chi connectivity index (χ2n) is 7.76. The molecule has 2 rings (SSSR count). The number of rotatable bonds is 4. The van der Waals surface area contributed by atoms with Gasteiger partial charge < -0.3 is 19.9 Å². The smallest absolute Gasteiger partial charge is 0.243 e. The number of hydrogen-bond acceptors (Lipinski definition) is 3. The Bertz CT molecular complexity index is 436. The fraction of sp³-hybridized carbons (Fsp3) is 0.882. The van der Waals surface area contributed by atoms with Crippen molar-refractivity contribution in [2.45, 2.75) is 64.2 Å². The molecule has 0 spiro atoms. The summed E-state index contributed by atoms with van der Waals surface area (Å²) < 4.78 is 6.08. The van der Waals surface area contributed by atoms with E-state index < -0.39 is 0 Å². The minimum atomic E-state index is -0.0891. The highest BCUT2D eigenvalue weighted by atomic mass is 127. The highest BCUT2D eigenvalue weighted by molar-refractivity contribution is 14.0. The predicted octanol–water partition coefficient (Wildman–Crippen LogP) is 2.08. The van der Waals surface area contributed by atoms with Gasteiger partial charge in [-0.25, -0.2) is 4.99 Å². The molecule has 2 aliphatic rings. The van der Waals surface area contributed by atoms with Gasteiger partial charge in [-0.2, -0.15) is 0 Å². The van der Waals surface area contributed by atoms with Gasteiger partial charge in [-0.15, -0.1) is 24.0 Å². The van der Waals surface area contributed by atoms with Crippen LogP contribution in [0.5, 0.6) is 0 Å². The topological polar surface area (TPSA) is 57.2 Å². The van der Waals surface area contributed by atoms with E-state index in [9.17, 15) is 4.79 Å². The summed E-state index contributed by atoms with van der Waals surface area (Å²) in [5.41, 5.74) is -0.0891. The third-order valence-corrected chi connectivity index (χ3v) is 4.04. The van der Waals surface area contributed by atoms with E-state index in [-0.39, 0.29) is 42.0 Å². The highest BCUT2D eigenvalue weighted by Crippen LogP contribution is 2.22. The van der Waals surface area contributed by atoms with Gasteiger partial charge in [0.15, 0.2) is 5.96 Å². The largest absolute Gasteiger partial charge is 0.372 e. The van der Waals surface area contributed by atoms with E-state index in [2.05, 4.69) is 36.0 Å². The van der Waals surface area contributed by atoms with Crippen LogP contribution in [0, 0.1) is 0 Å². The van der Waals surface area contributed by atoms with Gasteiger partial charge in [0.25, 0.3) is 0 Å². The molecule has 2 fully saturated rings. The van der Waals surface area contributed by atoms with Crippen molar-refractivity contribution >= 4 is 35.8 Å². The van der Waals surface area contributed by atoms with Gasteiger partial charge >= 0.3 is 0 Å². The Morgan fingerprint density at radius 3 is 2.25 bits per heavy atom. The molecule has 0 bridgehead atoms. The Hall–Kier alpha value is -0.570. The molecule has 0 aromatic rings. The molecule has 1 aliphatic heterocycles. The summed E-state index contributed by atoms with van der Waals surface area (Å²) in [7, 11) is 3.53. The average molecular weight is 452 g/mol. The zero-order chi connectivity index (χ0) is 17.0. The lowest BCUT2D eigenvalue weighted by molar-refractivity contribution is -0.127. The average Bonchev–Trinajstić information content (AvgIpc) is 3.26. The number of hydrogen-bond donors (Lipinski definition) is 1. The van der Waals surface area contributed by atoms with Crippen LogP contribution in [-0.4, -0.2) is 73.1 Å². The second-order valence-corrected chi connectivity index (χ2v) is 7.76. The third kappa shape index (κ3) is 7.55. The summed E-state index contributed by atoms with van der Waals surface area (Å²) in [6.07, 6.45) is 4.72. The van der Waals surface area contributed by atoms with Gasteiger partial charge in [0.1, 0.15) is 6.54 Å². The fourth-order valence-electron chi connectivity index (χ4n) is 2.62. The molecule has 1 saturated carbocycles. The van der Waals surface area contributed by atoms with Crippen LogP contribution >= 0.6 is 24.0 Å². The number of likely N-dealkylation sites (tertiary alicyclic amines) is 1. The van der Waals surface area contributed by atoms with Gasteiger partial charge in [-0.1, -0.05) is 0 Å². The number of ether oxygens (including phenoxy) is 1. The van der Waals surface area contributed by atoms with Crippen LogP contribution in [0.4, 0.5) is 0 Å². The summed E-state index contributed by atoms with van der Waals surface area (Å²) in [6.45, 7) is 8.38. The molecule has 0 aromatic carbocycles. The maximum absolute atomic E-state index is 11.8. The number of guanidine groups is 1. The van der Waals surface area contributed by atoms with Crippen LogP contribution in [0.15, 0.2) is 4.99 Å². The first-order valence-electron chi connectivity index (χ1n) is 8.68. The van der Waals surface area contributed by atoms with Crippen LogP contribution in [0.1, 0.15) is 46.5 Å². The first-order chi connectivity index (χ1) is 10.7. The van der Waals surface area contributed by atoms with Crippen molar-refractivity contribution in [2.24, 2.45) is 4.99 Å². The van der Waals surface area contributed by atoms with Gasteiger partial charge in [0.2, 0.25) is 5.91 Å². The highest BCUT2D eigenvalue weighted by Gasteiger charge is 2.29. The zero-order valence-corrected chi connectivity index (χ0v) is 18.0. The molecule has 1 N–H and O–H groups in total. The van der Waals surface area contributed by atoms with Gasteiger partial charge in [0.05, 0.1) is 11.7 Å². The van der Waals surface area contributed by atoms with Gasteiger partial charge in [0, 0.05) is 33.2 Å². The molecular formula is C17H33IN4O2. The Morgan fingerprint density at radius 1 is 1.21 bits per heavy atom. The summed E-state index contributed by atoms with van der Waals surface area (Å²) >= 11 is 0. The number of carbonyl (C=O) groups excluding carboxylic acids is 1. The van der Waals surface area contributed by atoms with Crippen molar-refractivity contribution in [2.75, 3.05) is 33.7 Å². The maximum Gasteiger partial charge on any atom is 0.243 e. The minimum Gasteiger partial charge on any atom is -0.372 e. The summed E-state index contributed by atoms with van der Waals surface area (Å²) in [4.78, 5) is 20.2. The Kier molecular flexibility index (Phi) is 8.25. The van der Waals surface area contributed by atoms with Crippen LogP contribution in [0.25, 0.3) is 0 Å². The Labute approximate surface area is 163 Å². The SMILES string of the molecule is CN(C)C(=O)CN=C(NC1CC1)N1CCC(OC(C)(C)C)CC1.I. The summed E-state index contributed by atoms with van der Waals surface area (Å²) in [5, 5.41) is 3.48. The normalized spacial score (nSPS) is 19.7. The number of likely N-dealkylation sites (N-methyl/N-ethyl adjacent to an activating group) is 1.